The van der Waals surface area contributed by atoms with Gasteiger partial charge in [0.2, 0.25) is 0 Å². The van der Waals surface area contributed by atoms with Gasteiger partial charge in [0, 0.05) is 6.20 Å². The lowest BCUT2D eigenvalue weighted by molar-refractivity contribution is -0.138. The number of nitrogens with one attached hydrogen (secondary N) is 1. The molecule has 1 aromatic carbocycles. The molecule has 0 saturated carbocycles. The predicted molar refractivity (Wildman–Crippen MR) is 105 cm³/mol. The number of ether oxygens (including phenoxy) is 1. The van der Waals surface area contributed by atoms with E-state index in [2.05, 4.69) is 5.32 Å². The van der Waals surface area contributed by atoms with Crippen LogP contribution < -0.4 is 15.6 Å². The summed E-state index contributed by atoms with van der Waals surface area (Å²) < 4.78 is 7.69. The predicted octanol–water partition coefficient (Wildman–Crippen LogP) is 1.72. The highest BCUT2D eigenvalue weighted by atomic mass is 35.5. The molecule has 152 valence electrons. The van der Waals surface area contributed by atoms with Crippen molar-refractivity contribution in [1.82, 2.24) is 14.5 Å². The van der Waals surface area contributed by atoms with Gasteiger partial charge in [-0.15, -0.1) is 0 Å². The molecule has 3 rings (SSSR count). The Hall–Kier alpha value is -3.46. The number of carboxylic acids is 1. The maximum absolute atomic E-state index is 13.0. The summed E-state index contributed by atoms with van der Waals surface area (Å²) >= 11 is 6.04. The highest BCUT2D eigenvalue weighted by Gasteiger charge is 2.25. The Morgan fingerprint density at radius 3 is 2.52 bits per heavy atom. The van der Waals surface area contributed by atoms with Crippen molar-refractivity contribution < 1.29 is 24.5 Å². The molecular formula is C19H18ClN3O6. The number of carbonyl (C=O) groups is 2. The van der Waals surface area contributed by atoms with Crippen molar-refractivity contribution in [3.05, 3.63) is 63.0 Å². The number of fused-ring (bicyclic) bond motifs is 1. The van der Waals surface area contributed by atoms with Gasteiger partial charge in [-0.2, -0.15) is 0 Å². The Labute approximate surface area is 169 Å². The minimum Gasteiger partial charge on any atom is -0.505 e. The van der Waals surface area contributed by atoms with Crippen molar-refractivity contribution in [2.24, 2.45) is 0 Å². The second kappa shape index (κ2) is 7.88. The van der Waals surface area contributed by atoms with E-state index >= 15 is 0 Å². The molecule has 0 aliphatic carbocycles. The molecule has 0 spiro atoms. The van der Waals surface area contributed by atoms with Gasteiger partial charge < -0.3 is 20.3 Å². The lowest BCUT2D eigenvalue weighted by Crippen LogP contribution is -2.42. The molecular weight excluding hydrogens is 402 g/mol. The van der Waals surface area contributed by atoms with Crippen LogP contribution in [0, 0.1) is 0 Å². The second-order valence-corrected chi connectivity index (χ2v) is 6.79. The van der Waals surface area contributed by atoms with Crippen LogP contribution >= 0.6 is 11.6 Å². The van der Waals surface area contributed by atoms with Gasteiger partial charge in [-0.1, -0.05) is 23.7 Å². The number of aromatic nitrogens is 2. The number of hydrogen-bond acceptors (Lipinski definition) is 5. The van der Waals surface area contributed by atoms with Gasteiger partial charge in [-0.25, -0.2) is 4.68 Å². The zero-order valence-electron chi connectivity index (χ0n) is 15.5. The van der Waals surface area contributed by atoms with E-state index in [1.807, 2.05) is 0 Å². The largest absolute Gasteiger partial charge is 0.505 e. The Bertz CT molecular complexity index is 1150. The smallest absolute Gasteiger partial charge is 0.325 e. The van der Waals surface area contributed by atoms with E-state index < -0.39 is 34.8 Å². The van der Waals surface area contributed by atoms with Crippen molar-refractivity contribution in [2.45, 2.75) is 19.5 Å². The van der Waals surface area contributed by atoms with Crippen molar-refractivity contribution >= 4 is 29.0 Å². The fourth-order valence-corrected chi connectivity index (χ4v) is 3.04. The molecule has 29 heavy (non-hydrogen) atoms. The van der Waals surface area contributed by atoms with E-state index in [0.29, 0.717) is 5.75 Å². The average molecular weight is 420 g/mol. The minimum atomic E-state index is -1.27. The number of nitrogens with zero attached hydrogens (tertiary/aromatic N) is 2. The van der Waals surface area contributed by atoms with Crippen LogP contribution in [-0.2, 0) is 11.3 Å². The van der Waals surface area contributed by atoms with Crippen molar-refractivity contribution in [3.63, 3.8) is 0 Å². The number of hydrogen-bond donors (Lipinski definition) is 3. The minimum absolute atomic E-state index is 0.0688. The fraction of sp³-hybridized carbons (Fsp3) is 0.211. The average Bonchev–Trinajstić information content (AvgIpc) is 3.07. The normalized spacial score (nSPS) is 12.0. The van der Waals surface area contributed by atoms with E-state index in [0.717, 1.165) is 5.56 Å². The standard InChI is InChI=1S/C19H18ClN3O6/c1-10(19(27)28)21-17(25)15-16(24)14-7-12(20)9-22(14)23(18(15)26)8-11-3-5-13(29-2)6-4-11/h3-7,9-10,24H,8H2,1-2H3,(H,21,25)(H,27,28). The molecule has 1 amide bonds. The molecule has 0 fully saturated rings. The first-order valence-corrected chi connectivity index (χ1v) is 8.91. The van der Waals surface area contributed by atoms with Gasteiger partial charge in [-0.05, 0) is 30.7 Å². The second-order valence-electron chi connectivity index (χ2n) is 6.36. The zero-order chi connectivity index (χ0) is 21.3. The molecule has 0 aliphatic heterocycles. The summed E-state index contributed by atoms with van der Waals surface area (Å²) in [6.07, 6.45) is 1.43. The molecule has 9 nitrogen and oxygen atoms in total. The highest BCUT2D eigenvalue weighted by molar-refractivity contribution is 6.31. The third-order valence-electron chi connectivity index (χ3n) is 4.39. The number of aromatic hydroxyl groups is 1. The molecule has 1 unspecified atom stereocenters. The Morgan fingerprint density at radius 1 is 1.28 bits per heavy atom. The van der Waals surface area contributed by atoms with E-state index in [9.17, 15) is 19.5 Å². The topological polar surface area (TPSA) is 122 Å². The molecule has 0 radical (unpaired) electrons. The third-order valence-corrected chi connectivity index (χ3v) is 4.60. The summed E-state index contributed by atoms with van der Waals surface area (Å²) in [4.78, 5) is 36.6. The monoisotopic (exact) mass is 419 g/mol. The molecule has 0 aliphatic rings. The zero-order valence-corrected chi connectivity index (χ0v) is 16.3. The van der Waals surface area contributed by atoms with Gasteiger partial charge >= 0.3 is 5.97 Å². The molecule has 10 heteroatoms. The molecule has 0 bridgehead atoms. The molecule has 3 N–H and O–H groups in total. The highest BCUT2D eigenvalue weighted by Crippen LogP contribution is 2.26. The third kappa shape index (κ3) is 3.90. The van der Waals surface area contributed by atoms with E-state index in [1.165, 1.54) is 35.5 Å². The van der Waals surface area contributed by atoms with E-state index in [4.69, 9.17) is 21.4 Å². The van der Waals surface area contributed by atoms with Crippen molar-refractivity contribution in [1.29, 1.82) is 0 Å². The van der Waals surface area contributed by atoms with Crippen LogP contribution in [0.2, 0.25) is 5.02 Å². The summed E-state index contributed by atoms with van der Waals surface area (Å²) in [5.41, 5.74) is -0.492. The number of halogens is 1. The first kappa shape index (κ1) is 20.3. The fourth-order valence-electron chi connectivity index (χ4n) is 2.84. The van der Waals surface area contributed by atoms with Crippen LogP contribution in [0.25, 0.3) is 5.52 Å². The molecule has 0 saturated heterocycles. The lowest BCUT2D eigenvalue weighted by atomic mass is 10.2. The summed E-state index contributed by atoms with van der Waals surface area (Å²) in [6.45, 7) is 1.32. The number of carbonyl (C=O) groups excluding carboxylic acids is 1. The Morgan fingerprint density at radius 2 is 1.93 bits per heavy atom. The lowest BCUT2D eigenvalue weighted by Gasteiger charge is -2.15. The number of rotatable bonds is 6. The molecule has 2 aromatic heterocycles. The quantitative estimate of drug-likeness (QED) is 0.559. The van der Waals surface area contributed by atoms with Crippen molar-refractivity contribution in [2.75, 3.05) is 7.11 Å². The van der Waals surface area contributed by atoms with Crippen LogP contribution in [0.4, 0.5) is 0 Å². The molecule has 2 heterocycles. The SMILES string of the molecule is COc1ccc(Cn2c(=O)c(C(=O)NC(C)C(=O)O)c(O)c3cc(Cl)cn32)cc1. The summed E-state index contributed by atoms with van der Waals surface area (Å²) in [5.74, 6) is -2.21. The Kier molecular flexibility index (Phi) is 5.51. The van der Waals surface area contributed by atoms with Crippen molar-refractivity contribution in [3.8, 4) is 11.5 Å². The summed E-state index contributed by atoms with van der Waals surface area (Å²) in [5, 5.41) is 21.9. The van der Waals surface area contributed by atoms with Crippen LogP contribution in [0.3, 0.4) is 0 Å². The number of carboxylic acid groups (broad SMARTS) is 1. The van der Waals surface area contributed by atoms with Gasteiger partial charge in [-0.3, -0.25) is 18.9 Å². The summed E-state index contributed by atoms with van der Waals surface area (Å²) in [6, 6.07) is 7.11. The van der Waals surface area contributed by atoms with E-state index in [1.54, 1.807) is 24.3 Å². The first-order chi connectivity index (χ1) is 13.7. The van der Waals surface area contributed by atoms with Gasteiger partial charge in [0.15, 0.2) is 5.75 Å². The van der Waals surface area contributed by atoms with Gasteiger partial charge in [0.05, 0.1) is 18.7 Å². The number of amides is 1. The molecule has 3 aromatic rings. The maximum Gasteiger partial charge on any atom is 0.325 e. The first-order valence-electron chi connectivity index (χ1n) is 8.53. The van der Waals surface area contributed by atoms with E-state index in [-0.39, 0.29) is 17.1 Å². The maximum atomic E-state index is 13.0. The van der Waals surface area contributed by atoms with Crippen LogP contribution in [0.15, 0.2) is 41.3 Å². The number of benzene rings is 1. The number of aliphatic carboxylic acids is 1. The van der Waals surface area contributed by atoms with Crippen LogP contribution in [0.5, 0.6) is 11.5 Å². The number of methoxy groups -OCH3 is 1. The Balaban J connectivity index is 2.14. The molecule has 1 atom stereocenters. The van der Waals surface area contributed by atoms with Crippen LogP contribution in [0.1, 0.15) is 22.8 Å². The van der Waals surface area contributed by atoms with Gasteiger partial charge in [0.25, 0.3) is 11.5 Å². The van der Waals surface area contributed by atoms with Gasteiger partial charge in [0.1, 0.15) is 22.9 Å². The van der Waals surface area contributed by atoms with Crippen LogP contribution in [-0.4, -0.2) is 44.4 Å². The summed E-state index contributed by atoms with van der Waals surface area (Å²) in [7, 11) is 1.54.